The molecule has 0 aliphatic rings. The number of benzene rings is 1. The highest BCUT2D eigenvalue weighted by Crippen LogP contribution is 2.36. The lowest BCUT2D eigenvalue weighted by atomic mass is 10.1. The summed E-state index contributed by atoms with van der Waals surface area (Å²) in [7, 11) is 0. The van der Waals surface area contributed by atoms with Gasteiger partial charge in [-0.25, -0.2) is 19.9 Å². The molecule has 0 spiro atoms. The number of hydrogen-bond acceptors (Lipinski definition) is 11. The van der Waals surface area contributed by atoms with Crippen LogP contribution in [-0.4, -0.2) is 84.7 Å². The quantitative estimate of drug-likeness (QED) is 0.0871. The monoisotopic (exact) mass is 759 g/mol. The summed E-state index contributed by atoms with van der Waals surface area (Å²) in [5, 5.41) is 22.7. The summed E-state index contributed by atoms with van der Waals surface area (Å²) >= 11 is 0. The van der Waals surface area contributed by atoms with E-state index in [0.29, 0.717) is 75.6 Å². The molecule has 0 atom stereocenters. The Kier molecular flexibility index (Phi) is 10.3. The number of primary amides is 2. The van der Waals surface area contributed by atoms with Crippen molar-refractivity contribution in [2.24, 2.45) is 11.5 Å². The number of nitrogens with zero attached hydrogens (tertiary/aromatic N) is 10. The maximum Gasteiger partial charge on any atom is 0.276 e. The first kappa shape index (κ1) is 37.4. The molecule has 6 N–H and O–H groups in total. The predicted octanol–water partition coefficient (Wildman–Crippen LogP) is 3.51. The van der Waals surface area contributed by atoms with E-state index in [-0.39, 0.29) is 43.4 Å². The number of fused-ring (bicyclic) bond motifs is 4. The summed E-state index contributed by atoms with van der Waals surface area (Å²) in [4.78, 5) is 56.7. The molecule has 7 aromatic rings. The number of allylic oxidation sites excluding steroid dienone is 2. The molecular weight excluding hydrogens is 719 g/mol. The third-order valence-corrected chi connectivity index (χ3v) is 9.21. The Morgan fingerprint density at radius 2 is 1.54 bits per heavy atom. The van der Waals surface area contributed by atoms with E-state index in [2.05, 4.69) is 25.5 Å². The maximum absolute atomic E-state index is 13.5. The van der Waals surface area contributed by atoms with Gasteiger partial charge in [-0.3, -0.25) is 33.6 Å². The van der Waals surface area contributed by atoms with Crippen molar-refractivity contribution in [2.75, 3.05) is 18.5 Å². The van der Waals surface area contributed by atoms with Gasteiger partial charge in [-0.15, -0.1) is 0 Å². The number of amides is 3. The lowest BCUT2D eigenvalue weighted by Gasteiger charge is -2.12. The standard InChI is InChI=1S/C38H41N13O5/c1-5-50-28(14-21(3)46-50)34-41-20-26-25-16-23(32(39)53)18-30(56-13-9-12-52)31(25)48(35(26)44-34)10-7-8-11-49-36-27(17-24(19-42-36)33(40)54)43-38(49)45-37(55)29-15-22(4)47-51(29)6-2/h7-8,14-20,52H,5-6,9-13H2,1-4H3,(H2,39,53)(H2,40,54)(H,43,45,55)/b8-7+. The van der Waals surface area contributed by atoms with E-state index < -0.39 is 17.7 Å². The molecule has 56 heavy (non-hydrogen) atoms. The van der Waals surface area contributed by atoms with Crippen LogP contribution < -0.4 is 21.5 Å². The summed E-state index contributed by atoms with van der Waals surface area (Å²) in [6.07, 6.45) is 7.27. The number of nitrogens with one attached hydrogen (secondary N) is 1. The number of anilines is 1. The predicted molar refractivity (Wildman–Crippen MR) is 208 cm³/mol. The summed E-state index contributed by atoms with van der Waals surface area (Å²) in [5.41, 5.74) is 16.4. The molecule has 0 saturated heterocycles. The number of imidazole rings is 1. The molecule has 0 aliphatic carbocycles. The van der Waals surface area contributed by atoms with Gasteiger partial charge in [-0.1, -0.05) is 12.2 Å². The minimum Gasteiger partial charge on any atom is -0.491 e. The molecule has 288 valence electrons. The molecule has 0 radical (unpaired) electrons. The summed E-state index contributed by atoms with van der Waals surface area (Å²) in [6.45, 7) is 9.35. The Balaban J connectivity index is 1.31. The zero-order chi connectivity index (χ0) is 39.7. The fourth-order valence-corrected chi connectivity index (χ4v) is 6.64. The third-order valence-electron chi connectivity index (χ3n) is 9.21. The van der Waals surface area contributed by atoms with Gasteiger partial charge in [-0.2, -0.15) is 10.2 Å². The fraction of sp³-hybridized carbons (Fsp3) is 0.289. The number of pyridine rings is 1. The highest BCUT2D eigenvalue weighted by molar-refractivity contribution is 6.12. The second-order valence-corrected chi connectivity index (χ2v) is 13.1. The average Bonchev–Trinajstić information content (AvgIpc) is 3.94. The van der Waals surface area contributed by atoms with Crippen LogP contribution in [-0.2, 0) is 26.2 Å². The zero-order valence-electron chi connectivity index (χ0n) is 31.4. The molecule has 0 fully saturated rings. The van der Waals surface area contributed by atoms with Gasteiger partial charge in [-0.05, 0) is 58.0 Å². The van der Waals surface area contributed by atoms with Gasteiger partial charge in [0.25, 0.3) is 5.91 Å². The largest absolute Gasteiger partial charge is 0.491 e. The van der Waals surface area contributed by atoms with Gasteiger partial charge < -0.3 is 25.9 Å². The molecule has 18 nitrogen and oxygen atoms in total. The van der Waals surface area contributed by atoms with Crippen molar-refractivity contribution in [1.29, 1.82) is 0 Å². The Hall–Kier alpha value is -6.95. The lowest BCUT2D eigenvalue weighted by Crippen LogP contribution is -2.20. The number of aliphatic hydroxyl groups excluding tert-OH is 1. The molecule has 0 unspecified atom stereocenters. The first-order chi connectivity index (χ1) is 27.0. The summed E-state index contributed by atoms with van der Waals surface area (Å²) in [6, 6.07) is 8.45. The Bertz CT molecular complexity index is 2680. The molecule has 0 saturated carbocycles. The van der Waals surface area contributed by atoms with Crippen molar-refractivity contribution >= 4 is 56.8 Å². The van der Waals surface area contributed by atoms with Gasteiger partial charge in [0.15, 0.2) is 11.5 Å². The van der Waals surface area contributed by atoms with Gasteiger partial charge >= 0.3 is 0 Å². The van der Waals surface area contributed by atoms with Crippen LogP contribution in [0.15, 0.2) is 54.9 Å². The smallest absolute Gasteiger partial charge is 0.276 e. The van der Waals surface area contributed by atoms with Crippen molar-refractivity contribution < 1.29 is 24.2 Å². The molecule has 0 aliphatic heterocycles. The summed E-state index contributed by atoms with van der Waals surface area (Å²) in [5.74, 6) is -0.614. The van der Waals surface area contributed by atoms with Crippen LogP contribution in [0.4, 0.5) is 5.95 Å². The highest BCUT2D eigenvalue weighted by Gasteiger charge is 2.22. The summed E-state index contributed by atoms with van der Waals surface area (Å²) < 4.78 is 13.3. The Labute approximate surface area is 319 Å². The van der Waals surface area contributed by atoms with E-state index in [1.165, 1.54) is 12.3 Å². The number of aliphatic hydroxyl groups is 1. The fourth-order valence-electron chi connectivity index (χ4n) is 6.64. The number of hydrogen-bond donors (Lipinski definition) is 4. The van der Waals surface area contributed by atoms with Crippen LogP contribution in [0.5, 0.6) is 5.75 Å². The van der Waals surface area contributed by atoms with Gasteiger partial charge in [0, 0.05) is 67.9 Å². The normalized spacial score (nSPS) is 11.7. The average molecular weight is 760 g/mol. The van der Waals surface area contributed by atoms with E-state index in [0.717, 1.165) is 11.4 Å². The number of aryl methyl sites for hydroxylation is 4. The van der Waals surface area contributed by atoms with E-state index >= 15 is 0 Å². The van der Waals surface area contributed by atoms with Gasteiger partial charge in [0.05, 0.1) is 29.1 Å². The Morgan fingerprint density at radius 1 is 0.821 bits per heavy atom. The molecule has 18 heteroatoms. The highest BCUT2D eigenvalue weighted by atomic mass is 16.5. The molecule has 6 aromatic heterocycles. The topological polar surface area (TPSA) is 242 Å². The number of rotatable bonds is 15. The second kappa shape index (κ2) is 15.4. The Morgan fingerprint density at radius 3 is 2.25 bits per heavy atom. The van der Waals surface area contributed by atoms with Crippen LogP contribution in [0.2, 0.25) is 0 Å². The van der Waals surface area contributed by atoms with Gasteiger partial charge in [0.1, 0.15) is 28.3 Å². The van der Waals surface area contributed by atoms with Crippen LogP contribution >= 0.6 is 0 Å². The number of aromatic nitrogens is 10. The third kappa shape index (κ3) is 7.04. The van der Waals surface area contributed by atoms with E-state index in [4.69, 9.17) is 26.2 Å². The number of ether oxygens (including phenoxy) is 1. The van der Waals surface area contributed by atoms with Crippen LogP contribution in [0.1, 0.15) is 62.9 Å². The first-order valence-corrected chi connectivity index (χ1v) is 18.1. The van der Waals surface area contributed by atoms with E-state index in [1.807, 2.05) is 55.2 Å². The molecular formula is C38H41N13O5. The van der Waals surface area contributed by atoms with Crippen LogP contribution in [0, 0.1) is 13.8 Å². The molecule has 0 bridgehead atoms. The van der Waals surface area contributed by atoms with Crippen molar-refractivity contribution in [3.8, 4) is 17.3 Å². The number of carbonyl (C=O) groups is 3. The van der Waals surface area contributed by atoms with Crippen molar-refractivity contribution in [3.63, 3.8) is 0 Å². The molecule has 7 rings (SSSR count). The van der Waals surface area contributed by atoms with E-state index in [9.17, 15) is 19.5 Å². The minimum atomic E-state index is -0.656. The SMILES string of the molecule is CCn1nc(C)cc1C(=O)Nc1nc2cc(C(N)=O)cnc2n1C/C=C/Cn1c2nc(-c3cc(C)nn3CC)ncc2c2cc(C(N)=O)cc(OCCCO)c21. The lowest BCUT2D eigenvalue weighted by molar-refractivity contribution is 0.0991. The molecule has 6 heterocycles. The van der Waals surface area contributed by atoms with Crippen molar-refractivity contribution in [2.45, 2.75) is 60.3 Å². The minimum absolute atomic E-state index is 0.0737. The zero-order valence-corrected chi connectivity index (χ0v) is 31.4. The first-order valence-electron chi connectivity index (χ1n) is 18.1. The maximum atomic E-state index is 13.5. The number of nitrogens with two attached hydrogens (primary N) is 2. The van der Waals surface area contributed by atoms with E-state index in [1.54, 1.807) is 33.6 Å². The molecule has 3 amide bonds. The second-order valence-electron chi connectivity index (χ2n) is 13.1. The van der Waals surface area contributed by atoms with Crippen LogP contribution in [0.25, 0.3) is 44.6 Å². The van der Waals surface area contributed by atoms with Gasteiger partial charge in [0.2, 0.25) is 17.8 Å². The van der Waals surface area contributed by atoms with Crippen LogP contribution in [0.3, 0.4) is 0 Å². The number of carbonyl (C=O) groups excluding carboxylic acids is 3. The van der Waals surface area contributed by atoms with Crippen molar-refractivity contribution in [3.05, 3.63) is 83.1 Å². The molecule has 1 aromatic carbocycles. The van der Waals surface area contributed by atoms with Crippen molar-refractivity contribution in [1.82, 2.24) is 48.6 Å².